The van der Waals surface area contributed by atoms with Crippen LogP contribution in [0.1, 0.15) is 6.92 Å². The van der Waals surface area contributed by atoms with Gasteiger partial charge in [-0.15, -0.1) is 0 Å². The first-order valence-corrected chi connectivity index (χ1v) is 3.05. The zero-order valence-electron chi connectivity index (χ0n) is 5.70. The summed E-state index contributed by atoms with van der Waals surface area (Å²) in [7, 11) is 0. The molecule has 1 rings (SSSR count). The van der Waals surface area contributed by atoms with Crippen LogP contribution in [0, 0.1) is 5.41 Å². The van der Waals surface area contributed by atoms with Gasteiger partial charge in [0.25, 0.3) is 0 Å². The molecule has 1 aliphatic heterocycles. The van der Waals surface area contributed by atoms with Gasteiger partial charge in [-0.1, -0.05) is 6.92 Å². The van der Waals surface area contributed by atoms with Crippen LogP contribution in [-0.2, 0) is 9.53 Å². The Bertz CT molecular complexity index is 150. The molecule has 1 atom stereocenters. The van der Waals surface area contributed by atoms with Crippen LogP contribution in [0.5, 0.6) is 0 Å². The van der Waals surface area contributed by atoms with Gasteiger partial charge in [-0.25, -0.2) is 4.79 Å². The zero-order valence-corrected chi connectivity index (χ0v) is 5.70. The van der Waals surface area contributed by atoms with E-state index in [-0.39, 0.29) is 0 Å². The lowest BCUT2D eigenvalue weighted by Gasteiger charge is -2.39. The number of hydrogen-bond donors (Lipinski definition) is 2. The van der Waals surface area contributed by atoms with E-state index in [1.165, 1.54) is 0 Å². The zero-order chi connectivity index (χ0) is 7.78. The Morgan fingerprint density at radius 1 is 1.70 bits per heavy atom. The summed E-state index contributed by atoms with van der Waals surface area (Å²) in [6.45, 7) is 2.36. The number of aliphatic hydroxyl groups is 1. The third kappa shape index (κ3) is 0.998. The molecule has 1 aliphatic rings. The summed E-state index contributed by atoms with van der Waals surface area (Å²) in [4.78, 5) is 10.2. The number of aliphatic hydroxyl groups excluding tert-OH is 1. The maximum Gasteiger partial charge on any atom is 0.333 e. The number of carbonyl (C=O) groups is 1. The molecule has 0 aromatic carbocycles. The second-order valence-corrected chi connectivity index (χ2v) is 2.89. The highest BCUT2D eigenvalue weighted by atomic mass is 16.5. The van der Waals surface area contributed by atoms with E-state index in [0.717, 1.165) is 0 Å². The Morgan fingerprint density at radius 3 is 2.30 bits per heavy atom. The van der Waals surface area contributed by atoms with Crippen molar-refractivity contribution < 1.29 is 19.7 Å². The van der Waals surface area contributed by atoms with E-state index in [0.29, 0.717) is 13.2 Å². The fourth-order valence-corrected chi connectivity index (χ4v) is 0.880. The molecule has 58 valence electrons. The largest absolute Gasteiger partial charge is 0.479 e. The van der Waals surface area contributed by atoms with Crippen molar-refractivity contribution in [3.05, 3.63) is 0 Å². The van der Waals surface area contributed by atoms with Crippen molar-refractivity contribution in [2.75, 3.05) is 13.2 Å². The minimum Gasteiger partial charge on any atom is -0.479 e. The third-order valence-corrected chi connectivity index (χ3v) is 1.76. The molecular weight excluding hydrogens is 136 g/mol. The molecule has 0 radical (unpaired) electrons. The van der Waals surface area contributed by atoms with Crippen molar-refractivity contribution in [3.8, 4) is 0 Å². The van der Waals surface area contributed by atoms with E-state index in [2.05, 4.69) is 0 Å². The predicted molar refractivity (Wildman–Crippen MR) is 32.6 cm³/mol. The molecule has 0 aromatic heterocycles. The van der Waals surface area contributed by atoms with Gasteiger partial charge in [-0.05, 0) is 0 Å². The average Bonchev–Trinajstić information content (AvgIpc) is 1.81. The fraction of sp³-hybridized carbons (Fsp3) is 0.833. The summed E-state index contributed by atoms with van der Waals surface area (Å²) in [5, 5.41) is 17.4. The minimum atomic E-state index is -1.29. The summed E-state index contributed by atoms with van der Waals surface area (Å²) in [6.07, 6.45) is -1.29. The quantitative estimate of drug-likeness (QED) is 0.549. The van der Waals surface area contributed by atoms with Gasteiger partial charge in [0.2, 0.25) is 0 Å². The van der Waals surface area contributed by atoms with Gasteiger partial charge in [0, 0.05) is 0 Å². The van der Waals surface area contributed by atoms with Crippen LogP contribution in [0.15, 0.2) is 0 Å². The Kier molecular flexibility index (Phi) is 1.66. The summed E-state index contributed by atoms with van der Waals surface area (Å²) in [5.74, 6) is -1.18. The molecule has 0 saturated carbocycles. The van der Waals surface area contributed by atoms with Gasteiger partial charge in [0.1, 0.15) is 0 Å². The van der Waals surface area contributed by atoms with Gasteiger partial charge >= 0.3 is 5.97 Å². The van der Waals surface area contributed by atoms with Gasteiger partial charge in [-0.3, -0.25) is 0 Å². The Morgan fingerprint density at radius 2 is 2.20 bits per heavy atom. The van der Waals surface area contributed by atoms with E-state index in [1.807, 2.05) is 0 Å². The molecule has 1 fully saturated rings. The molecule has 0 aliphatic carbocycles. The van der Waals surface area contributed by atoms with Crippen LogP contribution in [-0.4, -0.2) is 35.5 Å². The highest BCUT2D eigenvalue weighted by Crippen LogP contribution is 2.30. The van der Waals surface area contributed by atoms with Crippen molar-refractivity contribution in [1.82, 2.24) is 0 Å². The predicted octanol–water partition coefficient (Wildman–Crippen LogP) is -0.532. The van der Waals surface area contributed by atoms with E-state index in [4.69, 9.17) is 14.9 Å². The molecule has 4 heteroatoms. The van der Waals surface area contributed by atoms with Crippen LogP contribution in [0.3, 0.4) is 0 Å². The Hall–Kier alpha value is -0.610. The van der Waals surface area contributed by atoms with E-state index < -0.39 is 17.5 Å². The molecular formula is C6H10O4. The number of rotatable bonds is 2. The average molecular weight is 146 g/mol. The van der Waals surface area contributed by atoms with E-state index >= 15 is 0 Å². The minimum absolute atomic E-state index is 0.334. The SMILES string of the molecule is CC1(C(O)C(=O)O)COC1. The van der Waals surface area contributed by atoms with Crippen molar-refractivity contribution in [2.45, 2.75) is 13.0 Å². The first-order valence-electron chi connectivity index (χ1n) is 3.05. The molecule has 0 spiro atoms. The molecule has 10 heavy (non-hydrogen) atoms. The summed E-state index contributed by atoms with van der Waals surface area (Å²) in [6, 6.07) is 0. The number of carboxylic acids is 1. The molecule has 0 amide bonds. The van der Waals surface area contributed by atoms with Crippen molar-refractivity contribution >= 4 is 5.97 Å². The summed E-state index contributed by atoms with van der Waals surface area (Å²) < 4.78 is 4.79. The second-order valence-electron chi connectivity index (χ2n) is 2.89. The maximum atomic E-state index is 10.2. The highest BCUT2D eigenvalue weighted by Gasteiger charge is 2.44. The number of hydrogen-bond acceptors (Lipinski definition) is 3. The smallest absolute Gasteiger partial charge is 0.333 e. The van der Waals surface area contributed by atoms with Crippen molar-refractivity contribution in [3.63, 3.8) is 0 Å². The highest BCUT2D eigenvalue weighted by molar-refractivity contribution is 5.73. The first-order chi connectivity index (χ1) is 4.56. The van der Waals surface area contributed by atoms with Crippen LogP contribution in [0.2, 0.25) is 0 Å². The van der Waals surface area contributed by atoms with Gasteiger partial charge in [-0.2, -0.15) is 0 Å². The normalized spacial score (nSPS) is 25.0. The van der Waals surface area contributed by atoms with Gasteiger partial charge in [0.05, 0.1) is 18.6 Å². The van der Waals surface area contributed by atoms with Crippen LogP contribution >= 0.6 is 0 Å². The third-order valence-electron chi connectivity index (χ3n) is 1.76. The number of aliphatic carboxylic acids is 1. The lowest BCUT2D eigenvalue weighted by Crippen LogP contribution is -2.52. The molecule has 2 N–H and O–H groups in total. The first kappa shape index (κ1) is 7.50. The molecule has 1 heterocycles. The van der Waals surface area contributed by atoms with Crippen LogP contribution in [0.4, 0.5) is 0 Å². The molecule has 0 bridgehead atoms. The standard InChI is InChI=1S/C6H10O4/c1-6(2-10-3-6)4(7)5(8)9/h4,7H,2-3H2,1H3,(H,8,9). The van der Waals surface area contributed by atoms with Crippen LogP contribution in [0.25, 0.3) is 0 Å². The molecule has 4 nitrogen and oxygen atoms in total. The fourth-order valence-electron chi connectivity index (χ4n) is 0.880. The molecule has 0 aromatic rings. The van der Waals surface area contributed by atoms with Gasteiger partial charge < -0.3 is 14.9 Å². The van der Waals surface area contributed by atoms with E-state index in [1.54, 1.807) is 6.92 Å². The number of ether oxygens (including phenoxy) is 1. The maximum absolute atomic E-state index is 10.2. The van der Waals surface area contributed by atoms with Gasteiger partial charge in [0.15, 0.2) is 6.10 Å². The summed E-state index contributed by atoms with van der Waals surface area (Å²) in [5.41, 5.74) is -0.564. The molecule has 1 saturated heterocycles. The van der Waals surface area contributed by atoms with Crippen LogP contribution < -0.4 is 0 Å². The monoisotopic (exact) mass is 146 g/mol. The second kappa shape index (κ2) is 2.21. The lowest BCUT2D eigenvalue weighted by atomic mass is 9.82. The van der Waals surface area contributed by atoms with Crippen molar-refractivity contribution in [1.29, 1.82) is 0 Å². The number of carboxylic acid groups (broad SMARTS) is 1. The summed E-state index contributed by atoms with van der Waals surface area (Å²) >= 11 is 0. The van der Waals surface area contributed by atoms with E-state index in [9.17, 15) is 4.79 Å². The Balaban J connectivity index is 2.54. The lowest BCUT2D eigenvalue weighted by molar-refractivity contribution is -0.186. The topological polar surface area (TPSA) is 66.8 Å². The Labute approximate surface area is 58.4 Å². The molecule has 1 unspecified atom stereocenters. The van der Waals surface area contributed by atoms with Crippen molar-refractivity contribution in [2.24, 2.45) is 5.41 Å².